The monoisotopic (exact) mass is 458 g/mol. The molecule has 3 aromatic heterocycles. The summed E-state index contributed by atoms with van der Waals surface area (Å²) in [6.45, 7) is 0. The third kappa shape index (κ3) is 2.67. The molecule has 0 radical (unpaired) electrons. The van der Waals surface area contributed by atoms with Crippen molar-refractivity contribution >= 4 is 32.6 Å². The molecule has 0 saturated heterocycles. The third-order valence-electron chi connectivity index (χ3n) is 5.95. The van der Waals surface area contributed by atoms with E-state index in [4.69, 9.17) is 4.98 Å². The first-order valence-electron chi connectivity index (χ1n) is 9.79. The van der Waals surface area contributed by atoms with E-state index >= 15 is 0 Å². The molecule has 146 valence electrons. The van der Waals surface area contributed by atoms with Gasteiger partial charge in [-0.15, -0.1) is 0 Å². The van der Waals surface area contributed by atoms with Crippen molar-refractivity contribution in [2.75, 3.05) is 0 Å². The summed E-state index contributed by atoms with van der Waals surface area (Å²) < 4.78 is 16.5. The summed E-state index contributed by atoms with van der Waals surface area (Å²) in [5.41, 5.74) is 4.60. The van der Waals surface area contributed by atoms with Gasteiger partial charge in [-0.2, -0.15) is 0 Å². The Morgan fingerprint density at radius 3 is 2.60 bits per heavy atom. The van der Waals surface area contributed by atoms with E-state index in [0.29, 0.717) is 10.3 Å². The number of rotatable bonds is 3. The highest BCUT2D eigenvalue weighted by Gasteiger charge is 2.49. The van der Waals surface area contributed by atoms with Gasteiger partial charge in [0.25, 0.3) is 0 Å². The van der Waals surface area contributed by atoms with Crippen LogP contribution in [-0.4, -0.2) is 19.4 Å². The molecular formula is C24H16BrFN4. The van der Waals surface area contributed by atoms with Crippen molar-refractivity contribution in [3.63, 3.8) is 0 Å². The molecule has 0 bridgehead atoms. The smallest absolute Gasteiger partial charge is 0.233 e. The van der Waals surface area contributed by atoms with Crippen molar-refractivity contribution in [1.82, 2.24) is 19.4 Å². The lowest BCUT2D eigenvalue weighted by molar-refractivity contribution is 0.621. The number of benzene rings is 2. The SMILES string of the molecule is Fc1cc(-c2cnc3ncc(C4(c5ccc6ccccc6n5)CC4)n3c2)ccc1Br. The Balaban J connectivity index is 1.49. The minimum atomic E-state index is -0.294. The van der Waals surface area contributed by atoms with E-state index < -0.39 is 0 Å². The fourth-order valence-corrected chi connectivity index (χ4v) is 4.40. The number of fused-ring (bicyclic) bond motifs is 2. The first-order valence-corrected chi connectivity index (χ1v) is 10.6. The Kier molecular flexibility index (Phi) is 3.80. The molecule has 6 rings (SSSR count). The van der Waals surface area contributed by atoms with Gasteiger partial charge in [0.15, 0.2) is 0 Å². The number of hydrogen-bond acceptors (Lipinski definition) is 3. The van der Waals surface area contributed by atoms with E-state index in [-0.39, 0.29) is 11.2 Å². The molecule has 0 amide bonds. The van der Waals surface area contributed by atoms with Crippen molar-refractivity contribution < 1.29 is 4.39 Å². The normalized spacial score (nSPS) is 15.0. The average Bonchev–Trinajstić information content (AvgIpc) is 3.47. The molecule has 0 unspecified atom stereocenters. The van der Waals surface area contributed by atoms with Gasteiger partial charge in [-0.25, -0.2) is 14.4 Å². The maximum absolute atomic E-state index is 14.1. The largest absolute Gasteiger partial charge is 0.287 e. The molecule has 30 heavy (non-hydrogen) atoms. The van der Waals surface area contributed by atoms with Crippen LogP contribution in [0.2, 0.25) is 0 Å². The van der Waals surface area contributed by atoms with Gasteiger partial charge in [-0.3, -0.25) is 9.38 Å². The summed E-state index contributed by atoms with van der Waals surface area (Å²) in [6, 6.07) is 17.5. The van der Waals surface area contributed by atoms with E-state index in [0.717, 1.165) is 46.3 Å². The van der Waals surface area contributed by atoms with Crippen LogP contribution >= 0.6 is 15.9 Å². The van der Waals surface area contributed by atoms with Crippen LogP contribution in [0.4, 0.5) is 4.39 Å². The zero-order chi connectivity index (χ0) is 20.3. The molecule has 3 heterocycles. The summed E-state index contributed by atoms with van der Waals surface area (Å²) in [4.78, 5) is 14.0. The van der Waals surface area contributed by atoms with Crippen molar-refractivity contribution in [2.24, 2.45) is 0 Å². The number of halogens is 2. The minimum absolute atomic E-state index is 0.158. The molecule has 5 aromatic rings. The van der Waals surface area contributed by atoms with Gasteiger partial charge >= 0.3 is 0 Å². The molecule has 0 aliphatic heterocycles. The summed E-state index contributed by atoms with van der Waals surface area (Å²) in [5, 5.41) is 1.14. The second-order valence-corrected chi connectivity index (χ2v) is 8.61. The first-order chi connectivity index (χ1) is 14.6. The van der Waals surface area contributed by atoms with Gasteiger partial charge in [0.2, 0.25) is 5.78 Å². The number of pyridine rings is 1. The highest BCUT2D eigenvalue weighted by atomic mass is 79.9. The summed E-state index contributed by atoms with van der Waals surface area (Å²) in [6.07, 6.45) is 7.67. The maximum Gasteiger partial charge on any atom is 0.233 e. The molecule has 0 atom stereocenters. The minimum Gasteiger partial charge on any atom is -0.287 e. The summed E-state index contributed by atoms with van der Waals surface area (Å²) >= 11 is 3.21. The Bertz CT molecular complexity index is 1440. The van der Waals surface area contributed by atoms with E-state index in [1.165, 1.54) is 6.07 Å². The zero-order valence-electron chi connectivity index (χ0n) is 15.9. The lowest BCUT2D eigenvalue weighted by Gasteiger charge is -2.16. The number of nitrogens with zero attached hydrogens (tertiary/aromatic N) is 4. The maximum atomic E-state index is 14.1. The number of imidazole rings is 1. The van der Waals surface area contributed by atoms with Crippen molar-refractivity contribution in [3.05, 3.63) is 94.9 Å². The molecular weight excluding hydrogens is 443 g/mol. The van der Waals surface area contributed by atoms with Gasteiger partial charge in [-0.05, 0) is 58.6 Å². The quantitative estimate of drug-likeness (QED) is 0.336. The second-order valence-electron chi connectivity index (χ2n) is 7.76. The van der Waals surface area contributed by atoms with Crippen molar-refractivity contribution in [2.45, 2.75) is 18.3 Å². The molecule has 1 fully saturated rings. The van der Waals surface area contributed by atoms with E-state index in [1.807, 2.05) is 41.1 Å². The Labute approximate surface area is 180 Å². The molecule has 0 spiro atoms. The van der Waals surface area contributed by atoms with Crippen LogP contribution < -0.4 is 0 Å². The van der Waals surface area contributed by atoms with Gasteiger partial charge in [0, 0.05) is 23.3 Å². The molecule has 0 N–H and O–H groups in total. The van der Waals surface area contributed by atoms with Crippen LogP contribution in [0.5, 0.6) is 0 Å². The van der Waals surface area contributed by atoms with E-state index in [9.17, 15) is 4.39 Å². The molecule has 6 heteroatoms. The Morgan fingerprint density at radius 1 is 0.933 bits per heavy atom. The highest BCUT2D eigenvalue weighted by molar-refractivity contribution is 9.10. The first kappa shape index (κ1) is 17.7. The van der Waals surface area contributed by atoms with Gasteiger partial charge < -0.3 is 0 Å². The van der Waals surface area contributed by atoms with Crippen LogP contribution in [-0.2, 0) is 5.41 Å². The van der Waals surface area contributed by atoms with E-state index in [2.05, 4.69) is 44.1 Å². The number of para-hydroxylation sites is 1. The van der Waals surface area contributed by atoms with Crippen molar-refractivity contribution in [1.29, 1.82) is 0 Å². The summed E-state index contributed by atoms with van der Waals surface area (Å²) in [5.74, 6) is 0.343. The van der Waals surface area contributed by atoms with Gasteiger partial charge in [0.1, 0.15) is 5.82 Å². The van der Waals surface area contributed by atoms with E-state index in [1.54, 1.807) is 12.3 Å². The van der Waals surface area contributed by atoms with Crippen LogP contribution in [0.3, 0.4) is 0 Å². The lowest BCUT2D eigenvalue weighted by Crippen LogP contribution is -2.14. The predicted molar refractivity (Wildman–Crippen MR) is 118 cm³/mol. The fourth-order valence-electron chi connectivity index (χ4n) is 4.15. The topological polar surface area (TPSA) is 43.1 Å². The molecule has 4 nitrogen and oxygen atoms in total. The highest BCUT2D eigenvalue weighted by Crippen LogP contribution is 2.53. The van der Waals surface area contributed by atoms with Gasteiger partial charge in [-0.1, -0.05) is 30.3 Å². The average molecular weight is 459 g/mol. The molecule has 1 saturated carbocycles. The van der Waals surface area contributed by atoms with Gasteiger partial charge in [0.05, 0.1) is 33.0 Å². The van der Waals surface area contributed by atoms with Crippen LogP contribution in [0, 0.1) is 5.82 Å². The lowest BCUT2D eigenvalue weighted by atomic mass is 9.97. The number of hydrogen-bond donors (Lipinski definition) is 0. The number of aromatic nitrogens is 4. The predicted octanol–water partition coefficient (Wildman–Crippen LogP) is 5.93. The van der Waals surface area contributed by atoms with Crippen LogP contribution in [0.1, 0.15) is 24.2 Å². The molecule has 2 aromatic carbocycles. The zero-order valence-corrected chi connectivity index (χ0v) is 17.5. The van der Waals surface area contributed by atoms with Crippen molar-refractivity contribution in [3.8, 4) is 11.1 Å². The fraction of sp³-hybridized carbons (Fsp3) is 0.125. The summed E-state index contributed by atoms with van der Waals surface area (Å²) in [7, 11) is 0. The Hall–Kier alpha value is -3.12. The Morgan fingerprint density at radius 2 is 1.77 bits per heavy atom. The molecule has 1 aliphatic carbocycles. The van der Waals surface area contributed by atoms with Crippen LogP contribution in [0.25, 0.3) is 27.8 Å². The standard InChI is InChI=1S/C24H16BrFN4/c25-18-7-5-16(11-19(18)26)17-12-27-23-28-13-22(30(23)14-17)24(9-10-24)21-8-6-15-3-1-2-4-20(15)29-21/h1-8,11-14H,9-10H2. The molecule has 1 aliphatic rings. The third-order valence-corrected chi connectivity index (χ3v) is 6.59. The second kappa shape index (κ2) is 6.44. The van der Waals surface area contributed by atoms with Crippen LogP contribution in [0.15, 0.2) is 77.7 Å².